The monoisotopic (exact) mass is 295 g/mol. The molecule has 6 nitrogen and oxygen atoms in total. The van der Waals surface area contributed by atoms with Crippen LogP contribution in [0, 0.1) is 0 Å². The molecule has 2 aromatic heterocycles. The van der Waals surface area contributed by atoms with Gasteiger partial charge in [-0.3, -0.25) is 4.79 Å². The number of hydrogen-bond donors (Lipinski definition) is 1. The Hall–Kier alpha value is -2.89. The molecule has 0 aliphatic rings. The van der Waals surface area contributed by atoms with E-state index < -0.39 is 0 Å². The molecule has 22 heavy (non-hydrogen) atoms. The van der Waals surface area contributed by atoms with Crippen LogP contribution >= 0.6 is 0 Å². The Balaban J connectivity index is 1.73. The molecule has 0 unspecified atom stereocenters. The van der Waals surface area contributed by atoms with E-state index in [0.29, 0.717) is 18.9 Å². The molecule has 3 rings (SSSR count). The molecule has 0 spiro atoms. The molecular weight excluding hydrogens is 278 g/mol. The van der Waals surface area contributed by atoms with Gasteiger partial charge in [-0.25, -0.2) is 9.67 Å². The van der Waals surface area contributed by atoms with Crippen molar-refractivity contribution in [3.05, 3.63) is 71.0 Å². The third-order valence-electron chi connectivity index (χ3n) is 3.37. The van der Waals surface area contributed by atoms with Crippen LogP contribution in [0.4, 0.5) is 5.82 Å². The first-order valence-electron chi connectivity index (χ1n) is 7.16. The summed E-state index contributed by atoms with van der Waals surface area (Å²) >= 11 is 0. The zero-order valence-electron chi connectivity index (χ0n) is 12.3. The zero-order valence-corrected chi connectivity index (χ0v) is 12.3. The zero-order chi connectivity index (χ0) is 15.4. The molecule has 1 N–H and O–H groups in total. The van der Waals surface area contributed by atoms with Crippen molar-refractivity contribution >= 4 is 5.82 Å². The Morgan fingerprint density at radius 3 is 2.82 bits per heavy atom. The number of aryl methyl sites for hydroxylation is 1. The largest absolute Gasteiger partial charge is 0.361 e. The average molecular weight is 295 g/mol. The summed E-state index contributed by atoms with van der Waals surface area (Å²) in [6.07, 6.45) is 7.02. The van der Waals surface area contributed by atoms with Crippen molar-refractivity contribution < 1.29 is 0 Å². The minimum Gasteiger partial charge on any atom is -0.361 e. The number of rotatable bonds is 5. The van der Waals surface area contributed by atoms with E-state index in [-0.39, 0.29) is 5.56 Å². The van der Waals surface area contributed by atoms with Crippen molar-refractivity contribution in [2.24, 2.45) is 0 Å². The van der Waals surface area contributed by atoms with Crippen molar-refractivity contribution in [1.29, 1.82) is 0 Å². The van der Waals surface area contributed by atoms with Gasteiger partial charge in [0.2, 0.25) is 0 Å². The number of anilines is 1. The maximum absolute atomic E-state index is 12.1. The molecule has 2 heterocycles. The fourth-order valence-electron chi connectivity index (χ4n) is 2.18. The van der Waals surface area contributed by atoms with Gasteiger partial charge >= 0.3 is 0 Å². The highest BCUT2D eigenvalue weighted by Gasteiger charge is 2.05. The standard InChI is InChI=1S/C16H17N5O/c1-2-20-9-8-17-15(16(20)22)18-10-13-11-19-21(12-13)14-6-4-3-5-7-14/h3-9,11-12H,2,10H2,1H3,(H,17,18). The van der Waals surface area contributed by atoms with Gasteiger partial charge in [0.05, 0.1) is 11.9 Å². The Morgan fingerprint density at radius 1 is 1.23 bits per heavy atom. The number of nitrogens with zero attached hydrogens (tertiary/aromatic N) is 4. The molecule has 3 aromatic rings. The molecule has 1 aromatic carbocycles. The van der Waals surface area contributed by atoms with Gasteiger partial charge in [0.1, 0.15) is 0 Å². The lowest BCUT2D eigenvalue weighted by Gasteiger charge is -2.06. The molecule has 0 saturated heterocycles. The van der Waals surface area contributed by atoms with Crippen molar-refractivity contribution in [2.75, 3.05) is 5.32 Å². The van der Waals surface area contributed by atoms with Gasteiger partial charge in [-0.1, -0.05) is 18.2 Å². The van der Waals surface area contributed by atoms with Gasteiger partial charge in [0.25, 0.3) is 5.56 Å². The molecule has 0 aliphatic carbocycles. The molecule has 0 saturated carbocycles. The van der Waals surface area contributed by atoms with Crippen LogP contribution in [-0.2, 0) is 13.1 Å². The highest BCUT2D eigenvalue weighted by Crippen LogP contribution is 2.08. The SMILES string of the molecule is CCn1ccnc(NCc2cnn(-c3ccccc3)c2)c1=O. The highest BCUT2D eigenvalue weighted by atomic mass is 16.1. The molecule has 0 fully saturated rings. The van der Waals surface area contributed by atoms with E-state index in [0.717, 1.165) is 11.3 Å². The normalized spacial score (nSPS) is 10.6. The fraction of sp³-hybridized carbons (Fsp3) is 0.188. The Bertz CT molecular complexity index is 807. The predicted molar refractivity (Wildman–Crippen MR) is 85.1 cm³/mol. The second-order valence-corrected chi connectivity index (χ2v) is 4.85. The summed E-state index contributed by atoms with van der Waals surface area (Å²) < 4.78 is 3.42. The maximum atomic E-state index is 12.1. The summed E-state index contributed by atoms with van der Waals surface area (Å²) in [5, 5.41) is 7.40. The van der Waals surface area contributed by atoms with Gasteiger partial charge in [-0.15, -0.1) is 0 Å². The predicted octanol–water partition coefficient (Wildman–Crippen LogP) is 2.06. The maximum Gasteiger partial charge on any atom is 0.293 e. The average Bonchev–Trinajstić information content (AvgIpc) is 3.04. The van der Waals surface area contributed by atoms with Crippen molar-refractivity contribution in [3.8, 4) is 5.69 Å². The number of benzene rings is 1. The number of aromatic nitrogens is 4. The second kappa shape index (κ2) is 6.26. The molecule has 112 valence electrons. The summed E-state index contributed by atoms with van der Waals surface area (Å²) in [5.41, 5.74) is 1.87. The minimum absolute atomic E-state index is 0.111. The molecule has 0 bridgehead atoms. The quantitative estimate of drug-likeness (QED) is 0.782. The second-order valence-electron chi connectivity index (χ2n) is 4.85. The fourth-order valence-corrected chi connectivity index (χ4v) is 2.18. The van der Waals surface area contributed by atoms with Crippen LogP contribution in [0.15, 0.2) is 59.9 Å². The first-order chi connectivity index (χ1) is 10.8. The first-order valence-corrected chi connectivity index (χ1v) is 7.16. The van der Waals surface area contributed by atoms with Crippen molar-refractivity contribution in [3.63, 3.8) is 0 Å². The van der Waals surface area contributed by atoms with Crippen molar-refractivity contribution in [1.82, 2.24) is 19.3 Å². The first kappa shape index (κ1) is 14.1. The minimum atomic E-state index is -0.111. The summed E-state index contributed by atoms with van der Waals surface area (Å²) in [7, 11) is 0. The van der Waals surface area contributed by atoms with Gasteiger partial charge in [0.15, 0.2) is 5.82 Å². The van der Waals surface area contributed by atoms with Gasteiger partial charge in [0, 0.05) is 37.2 Å². The van der Waals surface area contributed by atoms with Crippen LogP contribution in [-0.4, -0.2) is 19.3 Å². The van der Waals surface area contributed by atoms with E-state index in [1.165, 1.54) is 0 Å². The van der Waals surface area contributed by atoms with Crippen LogP contribution in [0.1, 0.15) is 12.5 Å². The lowest BCUT2D eigenvalue weighted by molar-refractivity contribution is 0.718. The van der Waals surface area contributed by atoms with E-state index in [9.17, 15) is 4.79 Å². The summed E-state index contributed by atoms with van der Waals surface area (Å²) in [4.78, 5) is 16.2. The molecule has 6 heteroatoms. The lowest BCUT2D eigenvalue weighted by Crippen LogP contribution is -2.23. The van der Waals surface area contributed by atoms with Gasteiger partial charge in [-0.2, -0.15) is 5.10 Å². The van der Waals surface area contributed by atoms with Crippen molar-refractivity contribution in [2.45, 2.75) is 20.0 Å². The Morgan fingerprint density at radius 2 is 2.05 bits per heavy atom. The molecular formula is C16H17N5O. The van der Waals surface area contributed by atoms with Gasteiger partial charge in [-0.05, 0) is 19.1 Å². The molecule has 0 aliphatic heterocycles. The molecule has 0 amide bonds. The van der Waals surface area contributed by atoms with E-state index >= 15 is 0 Å². The topological polar surface area (TPSA) is 64.7 Å². The Kier molecular flexibility index (Phi) is 4.00. The highest BCUT2D eigenvalue weighted by molar-refractivity contribution is 5.34. The summed E-state index contributed by atoms with van der Waals surface area (Å²) in [6.45, 7) is 3.06. The summed E-state index contributed by atoms with van der Waals surface area (Å²) in [6, 6.07) is 9.88. The van der Waals surface area contributed by atoms with Crippen LogP contribution in [0.2, 0.25) is 0 Å². The lowest BCUT2D eigenvalue weighted by atomic mass is 10.3. The number of hydrogen-bond acceptors (Lipinski definition) is 4. The molecule has 0 radical (unpaired) electrons. The van der Waals surface area contributed by atoms with E-state index in [4.69, 9.17) is 0 Å². The van der Waals surface area contributed by atoms with E-state index in [1.807, 2.05) is 43.5 Å². The van der Waals surface area contributed by atoms with E-state index in [1.54, 1.807) is 27.8 Å². The van der Waals surface area contributed by atoms with Gasteiger partial charge < -0.3 is 9.88 Å². The summed E-state index contributed by atoms with van der Waals surface area (Å²) in [5.74, 6) is 0.358. The van der Waals surface area contributed by atoms with Crippen LogP contribution in [0.3, 0.4) is 0 Å². The van der Waals surface area contributed by atoms with Crippen LogP contribution in [0.5, 0.6) is 0 Å². The van der Waals surface area contributed by atoms with Crippen LogP contribution < -0.4 is 10.9 Å². The third kappa shape index (κ3) is 2.90. The van der Waals surface area contributed by atoms with E-state index in [2.05, 4.69) is 15.4 Å². The molecule has 0 atom stereocenters. The number of para-hydroxylation sites is 1. The Labute approximate surface area is 128 Å². The third-order valence-corrected chi connectivity index (χ3v) is 3.37. The smallest absolute Gasteiger partial charge is 0.293 e. The number of nitrogens with one attached hydrogen (secondary N) is 1. The van der Waals surface area contributed by atoms with Crippen LogP contribution in [0.25, 0.3) is 5.69 Å².